The molecule has 0 atom stereocenters. The third kappa shape index (κ3) is 3.97. The first kappa shape index (κ1) is 18.2. The second-order valence-electron chi connectivity index (χ2n) is 7.68. The van der Waals surface area contributed by atoms with E-state index in [1.54, 1.807) is 4.90 Å². The Morgan fingerprint density at radius 3 is 2.56 bits per heavy atom. The van der Waals surface area contributed by atoms with Crippen LogP contribution in [0.4, 0.5) is 4.79 Å². The van der Waals surface area contributed by atoms with Gasteiger partial charge in [-0.15, -0.1) is 0 Å². The summed E-state index contributed by atoms with van der Waals surface area (Å²) in [6, 6.07) is -0.0504. The maximum atomic E-state index is 12.6. The molecule has 0 aliphatic heterocycles. The minimum absolute atomic E-state index is 0.0504. The number of hydrogen-bond acceptors (Lipinski definition) is 5. The lowest BCUT2D eigenvalue weighted by Crippen LogP contribution is -2.53. The van der Waals surface area contributed by atoms with Gasteiger partial charge in [-0.1, -0.05) is 24.4 Å². The number of amides is 2. The van der Waals surface area contributed by atoms with Crippen LogP contribution >= 0.6 is 0 Å². The van der Waals surface area contributed by atoms with Crippen molar-refractivity contribution in [1.29, 1.82) is 0 Å². The van der Waals surface area contributed by atoms with Crippen LogP contribution in [0.25, 0.3) is 0 Å². The first-order valence-corrected chi connectivity index (χ1v) is 9.57. The van der Waals surface area contributed by atoms with Crippen molar-refractivity contribution in [3.8, 4) is 0 Å². The molecule has 0 radical (unpaired) electrons. The van der Waals surface area contributed by atoms with Gasteiger partial charge in [-0.2, -0.15) is 4.98 Å². The highest BCUT2D eigenvalue weighted by molar-refractivity contribution is 5.74. The monoisotopic (exact) mass is 349 g/mol. The second kappa shape index (κ2) is 7.72. The van der Waals surface area contributed by atoms with Crippen molar-refractivity contribution in [1.82, 2.24) is 25.3 Å². The van der Waals surface area contributed by atoms with E-state index in [-0.39, 0.29) is 11.6 Å². The molecule has 2 fully saturated rings. The topological polar surface area (TPSA) is 74.5 Å². The summed E-state index contributed by atoms with van der Waals surface area (Å²) in [5, 5.41) is 7.18. The molecule has 0 bridgehead atoms. The number of hydrogen-bond donors (Lipinski definition) is 1. The quantitative estimate of drug-likeness (QED) is 0.819. The molecule has 1 heterocycles. The van der Waals surface area contributed by atoms with Gasteiger partial charge in [-0.25, -0.2) is 4.79 Å². The Morgan fingerprint density at radius 2 is 2.00 bits per heavy atom. The number of aromatic nitrogens is 2. The zero-order valence-corrected chi connectivity index (χ0v) is 15.8. The molecule has 25 heavy (non-hydrogen) atoms. The molecular weight excluding hydrogens is 318 g/mol. The molecule has 0 saturated heterocycles. The molecular formula is C18H31N5O2. The highest BCUT2D eigenvalue weighted by atomic mass is 16.5. The summed E-state index contributed by atoms with van der Waals surface area (Å²) in [5.74, 6) is 1.75. The molecule has 1 aromatic rings. The molecule has 7 heteroatoms. The third-order valence-electron chi connectivity index (χ3n) is 5.99. The molecule has 140 valence electrons. The molecule has 0 aromatic carbocycles. The lowest BCUT2D eigenvalue weighted by molar-refractivity contribution is 0.146. The SMILES string of the molecule is CCN(Cc1noc(C2CCC2)n1)C(=O)NCC1(N(C)C)CCCC1. The van der Waals surface area contributed by atoms with Crippen molar-refractivity contribution in [2.45, 2.75) is 69.9 Å². The molecule has 0 spiro atoms. The van der Waals surface area contributed by atoms with Gasteiger partial charge in [0, 0.05) is 24.5 Å². The van der Waals surface area contributed by atoms with Crippen molar-refractivity contribution in [3.05, 3.63) is 11.7 Å². The maximum Gasteiger partial charge on any atom is 0.317 e. The van der Waals surface area contributed by atoms with E-state index in [9.17, 15) is 4.79 Å². The second-order valence-corrected chi connectivity index (χ2v) is 7.68. The van der Waals surface area contributed by atoms with Gasteiger partial charge in [0.05, 0.1) is 6.54 Å². The zero-order chi connectivity index (χ0) is 17.9. The van der Waals surface area contributed by atoms with Crippen LogP contribution < -0.4 is 5.32 Å². The van der Waals surface area contributed by atoms with Gasteiger partial charge in [0.2, 0.25) is 5.89 Å². The summed E-state index contributed by atoms with van der Waals surface area (Å²) in [4.78, 5) is 21.1. The molecule has 2 amide bonds. The summed E-state index contributed by atoms with van der Waals surface area (Å²) >= 11 is 0. The predicted molar refractivity (Wildman–Crippen MR) is 95.3 cm³/mol. The van der Waals surface area contributed by atoms with Gasteiger partial charge in [0.15, 0.2) is 5.82 Å². The third-order valence-corrected chi connectivity index (χ3v) is 5.99. The van der Waals surface area contributed by atoms with Crippen LogP contribution in [0.3, 0.4) is 0 Å². The molecule has 2 aliphatic carbocycles. The van der Waals surface area contributed by atoms with Crippen LogP contribution in [-0.4, -0.2) is 58.7 Å². The number of likely N-dealkylation sites (N-methyl/N-ethyl adjacent to an activating group) is 1. The van der Waals surface area contributed by atoms with Crippen LogP contribution in [-0.2, 0) is 6.54 Å². The number of carbonyl (C=O) groups is 1. The zero-order valence-electron chi connectivity index (χ0n) is 15.8. The van der Waals surface area contributed by atoms with Gasteiger partial charge in [0.25, 0.3) is 0 Å². The molecule has 2 aliphatic rings. The highest BCUT2D eigenvalue weighted by Gasteiger charge is 2.36. The first-order chi connectivity index (χ1) is 12.0. The maximum absolute atomic E-state index is 12.6. The van der Waals surface area contributed by atoms with Gasteiger partial charge in [-0.3, -0.25) is 0 Å². The summed E-state index contributed by atoms with van der Waals surface area (Å²) < 4.78 is 5.36. The van der Waals surface area contributed by atoms with E-state index in [2.05, 4.69) is 34.5 Å². The van der Waals surface area contributed by atoms with Crippen molar-refractivity contribution >= 4 is 6.03 Å². The number of nitrogens with zero attached hydrogens (tertiary/aromatic N) is 4. The Kier molecular flexibility index (Phi) is 5.61. The molecule has 1 N–H and O–H groups in total. The smallest absolute Gasteiger partial charge is 0.317 e. The van der Waals surface area contributed by atoms with Crippen molar-refractivity contribution in [2.24, 2.45) is 0 Å². The Bertz CT molecular complexity index is 576. The molecule has 7 nitrogen and oxygen atoms in total. The van der Waals surface area contributed by atoms with E-state index in [4.69, 9.17) is 4.52 Å². The summed E-state index contributed by atoms with van der Waals surface area (Å²) in [6.45, 7) is 3.68. The average molecular weight is 349 g/mol. The summed E-state index contributed by atoms with van der Waals surface area (Å²) in [6.07, 6.45) is 8.25. The fourth-order valence-electron chi connectivity index (χ4n) is 3.82. The standard InChI is InChI=1S/C18H31N5O2/c1-4-23(12-15-20-16(25-21-15)14-8-7-9-14)17(24)19-13-18(22(2)3)10-5-6-11-18/h14H,4-13H2,1-3H3,(H,19,24). The Balaban J connectivity index is 1.54. The number of rotatable bonds is 7. The van der Waals surface area contributed by atoms with Crippen molar-refractivity contribution in [2.75, 3.05) is 27.2 Å². The van der Waals surface area contributed by atoms with Crippen LogP contribution in [0.5, 0.6) is 0 Å². The van der Waals surface area contributed by atoms with Crippen LogP contribution in [0.1, 0.15) is 69.5 Å². The Labute approximate surface area is 150 Å². The number of urea groups is 1. The van der Waals surface area contributed by atoms with E-state index < -0.39 is 0 Å². The normalized spacial score (nSPS) is 19.8. The summed E-state index contributed by atoms with van der Waals surface area (Å²) in [5.41, 5.74) is 0.0958. The van der Waals surface area contributed by atoms with E-state index in [0.29, 0.717) is 31.4 Å². The Morgan fingerprint density at radius 1 is 1.28 bits per heavy atom. The fourth-order valence-corrected chi connectivity index (χ4v) is 3.82. The van der Waals surface area contributed by atoms with Gasteiger partial charge in [-0.05, 0) is 46.7 Å². The lowest BCUT2D eigenvalue weighted by Gasteiger charge is -2.37. The minimum atomic E-state index is -0.0504. The van der Waals surface area contributed by atoms with E-state index in [1.165, 1.54) is 19.3 Å². The predicted octanol–water partition coefficient (Wildman–Crippen LogP) is 2.74. The minimum Gasteiger partial charge on any atom is -0.339 e. The van der Waals surface area contributed by atoms with Crippen molar-refractivity contribution in [3.63, 3.8) is 0 Å². The van der Waals surface area contributed by atoms with Gasteiger partial charge >= 0.3 is 6.03 Å². The van der Waals surface area contributed by atoms with E-state index in [1.807, 2.05) is 6.92 Å². The van der Waals surface area contributed by atoms with E-state index in [0.717, 1.165) is 31.6 Å². The van der Waals surface area contributed by atoms with Gasteiger partial charge in [0.1, 0.15) is 0 Å². The van der Waals surface area contributed by atoms with Crippen molar-refractivity contribution < 1.29 is 9.32 Å². The molecule has 2 saturated carbocycles. The number of nitrogens with one attached hydrogen (secondary N) is 1. The number of carbonyl (C=O) groups excluding carboxylic acids is 1. The average Bonchev–Trinajstić information content (AvgIpc) is 3.19. The molecule has 1 aromatic heterocycles. The van der Waals surface area contributed by atoms with Crippen LogP contribution in [0.2, 0.25) is 0 Å². The molecule has 0 unspecified atom stereocenters. The molecule has 3 rings (SSSR count). The summed E-state index contributed by atoms with van der Waals surface area (Å²) in [7, 11) is 4.21. The van der Waals surface area contributed by atoms with Crippen LogP contribution in [0, 0.1) is 0 Å². The highest BCUT2D eigenvalue weighted by Crippen LogP contribution is 2.35. The van der Waals surface area contributed by atoms with E-state index >= 15 is 0 Å². The van der Waals surface area contributed by atoms with Crippen LogP contribution in [0.15, 0.2) is 4.52 Å². The van der Waals surface area contributed by atoms with Gasteiger partial charge < -0.3 is 19.6 Å². The fraction of sp³-hybridized carbons (Fsp3) is 0.833. The largest absolute Gasteiger partial charge is 0.339 e. The Hall–Kier alpha value is -1.63. The first-order valence-electron chi connectivity index (χ1n) is 9.57. The lowest BCUT2D eigenvalue weighted by atomic mass is 9.85.